The largest absolute Gasteiger partial charge is 0.477 e. The number of carboxylic acids is 1. The van der Waals surface area contributed by atoms with Crippen molar-refractivity contribution in [3.05, 3.63) is 46.5 Å². The van der Waals surface area contributed by atoms with E-state index in [1.54, 1.807) is 0 Å². The van der Waals surface area contributed by atoms with E-state index in [0.717, 1.165) is 0 Å². The number of aromatic carboxylic acids is 1. The summed E-state index contributed by atoms with van der Waals surface area (Å²) < 4.78 is 44.7. The summed E-state index contributed by atoms with van der Waals surface area (Å²) in [4.78, 5) is 15.1. The van der Waals surface area contributed by atoms with Crippen molar-refractivity contribution < 1.29 is 27.8 Å². The standard InChI is InChI=1S/C15H11ClF3NO3/c1-2-23-13-12(14(21)22)10(15(17,18)19)7-11(20-13)8-3-5-9(16)6-4-8/h3-7H,2H2,1H3,(H,21,22). The smallest absolute Gasteiger partial charge is 0.417 e. The fraction of sp³-hybridized carbons (Fsp3) is 0.200. The minimum atomic E-state index is -4.86. The molecule has 2 aromatic rings. The highest BCUT2D eigenvalue weighted by molar-refractivity contribution is 6.30. The molecule has 0 atom stereocenters. The molecule has 0 unspecified atom stereocenters. The van der Waals surface area contributed by atoms with Crippen molar-refractivity contribution >= 4 is 17.6 Å². The number of halogens is 4. The number of carboxylic acid groups (broad SMARTS) is 1. The van der Waals surface area contributed by atoms with Crippen LogP contribution in [0.2, 0.25) is 5.02 Å². The van der Waals surface area contributed by atoms with Gasteiger partial charge in [-0.05, 0) is 25.1 Å². The number of hydrogen-bond acceptors (Lipinski definition) is 3. The fourth-order valence-electron chi connectivity index (χ4n) is 1.96. The van der Waals surface area contributed by atoms with Gasteiger partial charge in [-0.25, -0.2) is 9.78 Å². The topological polar surface area (TPSA) is 59.4 Å². The van der Waals surface area contributed by atoms with E-state index in [0.29, 0.717) is 16.7 Å². The molecule has 0 saturated carbocycles. The molecular weight excluding hydrogens is 335 g/mol. The Morgan fingerprint density at radius 3 is 2.39 bits per heavy atom. The molecule has 1 N–H and O–H groups in total. The molecule has 0 aliphatic heterocycles. The molecule has 0 spiro atoms. The van der Waals surface area contributed by atoms with Crippen molar-refractivity contribution in [2.24, 2.45) is 0 Å². The van der Waals surface area contributed by atoms with Gasteiger partial charge in [0.2, 0.25) is 5.88 Å². The fourth-order valence-corrected chi connectivity index (χ4v) is 2.09. The van der Waals surface area contributed by atoms with Crippen LogP contribution in [0, 0.1) is 0 Å². The number of carbonyl (C=O) groups is 1. The summed E-state index contributed by atoms with van der Waals surface area (Å²) >= 11 is 5.75. The third-order valence-corrected chi connectivity index (χ3v) is 3.18. The number of benzene rings is 1. The molecule has 2 rings (SSSR count). The van der Waals surface area contributed by atoms with Crippen LogP contribution in [0.25, 0.3) is 11.3 Å². The van der Waals surface area contributed by atoms with E-state index in [1.165, 1.54) is 31.2 Å². The van der Waals surface area contributed by atoms with E-state index in [2.05, 4.69) is 4.98 Å². The van der Waals surface area contributed by atoms with Gasteiger partial charge in [0.15, 0.2) is 0 Å². The van der Waals surface area contributed by atoms with Crippen LogP contribution in [0.15, 0.2) is 30.3 Å². The lowest BCUT2D eigenvalue weighted by molar-refractivity contribution is -0.138. The first-order chi connectivity index (χ1) is 10.7. The predicted molar refractivity (Wildman–Crippen MR) is 77.8 cm³/mol. The Labute approximate surface area is 134 Å². The van der Waals surface area contributed by atoms with Crippen molar-refractivity contribution in [3.8, 4) is 17.1 Å². The lowest BCUT2D eigenvalue weighted by atomic mass is 10.0. The summed E-state index contributed by atoms with van der Waals surface area (Å²) in [6, 6.07) is 6.66. The normalized spacial score (nSPS) is 11.3. The molecule has 0 fully saturated rings. The van der Waals surface area contributed by atoms with Crippen molar-refractivity contribution in [3.63, 3.8) is 0 Å². The zero-order chi connectivity index (χ0) is 17.2. The summed E-state index contributed by atoms with van der Waals surface area (Å²) in [5.74, 6) is -2.32. The van der Waals surface area contributed by atoms with Gasteiger partial charge in [-0.2, -0.15) is 13.2 Å². The zero-order valence-electron chi connectivity index (χ0n) is 11.8. The minimum Gasteiger partial charge on any atom is -0.477 e. The highest BCUT2D eigenvalue weighted by atomic mass is 35.5. The van der Waals surface area contributed by atoms with Gasteiger partial charge < -0.3 is 9.84 Å². The van der Waals surface area contributed by atoms with Gasteiger partial charge in [-0.3, -0.25) is 0 Å². The summed E-state index contributed by atoms with van der Waals surface area (Å²) in [6.45, 7) is 1.50. The highest BCUT2D eigenvalue weighted by Crippen LogP contribution is 2.38. The zero-order valence-corrected chi connectivity index (χ0v) is 12.6. The number of ether oxygens (including phenoxy) is 1. The summed E-state index contributed by atoms with van der Waals surface area (Å²) in [5, 5.41) is 9.51. The number of nitrogens with zero attached hydrogens (tertiary/aromatic N) is 1. The Kier molecular flexibility index (Phi) is 4.79. The second-order valence-corrected chi connectivity index (χ2v) is 4.91. The second kappa shape index (κ2) is 6.45. The Morgan fingerprint density at radius 2 is 1.91 bits per heavy atom. The molecule has 1 aromatic heterocycles. The Morgan fingerprint density at radius 1 is 1.30 bits per heavy atom. The van der Waals surface area contributed by atoms with E-state index in [-0.39, 0.29) is 12.3 Å². The SMILES string of the molecule is CCOc1nc(-c2ccc(Cl)cc2)cc(C(F)(F)F)c1C(=O)O. The third-order valence-electron chi connectivity index (χ3n) is 2.93. The monoisotopic (exact) mass is 345 g/mol. The van der Waals surface area contributed by atoms with Crippen LogP contribution in [0.3, 0.4) is 0 Å². The Balaban J connectivity index is 2.72. The molecule has 0 aliphatic rings. The summed E-state index contributed by atoms with van der Waals surface area (Å²) in [6.07, 6.45) is -4.86. The van der Waals surface area contributed by atoms with Gasteiger partial charge in [-0.15, -0.1) is 0 Å². The number of pyridine rings is 1. The first-order valence-corrected chi connectivity index (χ1v) is 6.86. The number of hydrogen-bond donors (Lipinski definition) is 1. The Bertz CT molecular complexity index is 730. The average Bonchev–Trinajstić information content (AvgIpc) is 2.46. The first-order valence-electron chi connectivity index (χ1n) is 6.48. The number of alkyl halides is 3. The van der Waals surface area contributed by atoms with Gasteiger partial charge in [0.25, 0.3) is 0 Å². The van der Waals surface area contributed by atoms with Crippen LogP contribution in [-0.2, 0) is 6.18 Å². The molecule has 1 heterocycles. The molecule has 122 valence electrons. The molecule has 1 aromatic carbocycles. The van der Waals surface area contributed by atoms with Crippen LogP contribution in [0.1, 0.15) is 22.8 Å². The number of aromatic nitrogens is 1. The summed E-state index contributed by atoms with van der Waals surface area (Å²) in [7, 11) is 0. The van der Waals surface area contributed by atoms with E-state index in [9.17, 15) is 18.0 Å². The van der Waals surface area contributed by atoms with E-state index in [1.807, 2.05) is 0 Å². The van der Waals surface area contributed by atoms with Crippen molar-refractivity contribution in [1.29, 1.82) is 0 Å². The average molecular weight is 346 g/mol. The summed E-state index contributed by atoms with van der Waals surface area (Å²) in [5.41, 5.74) is -2.01. The van der Waals surface area contributed by atoms with Crippen molar-refractivity contribution in [2.45, 2.75) is 13.1 Å². The van der Waals surface area contributed by atoms with E-state index < -0.39 is 29.2 Å². The van der Waals surface area contributed by atoms with Crippen LogP contribution >= 0.6 is 11.6 Å². The number of rotatable bonds is 4. The second-order valence-electron chi connectivity index (χ2n) is 4.48. The maximum absolute atomic E-state index is 13.2. The maximum Gasteiger partial charge on any atom is 0.417 e. The molecular formula is C15H11ClF3NO3. The molecule has 0 aliphatic carbocycles. The van der Waals surface area contributed by atoms with Crippen LogP contribution in [0.5, 0.6) is 5.88 Å². The highest BCUT2D eigenvalue weighted by Gasteiger charge is 2.38. The van der Waals surface area contributed by atoms with Gasteiger partial charge >= 0.3 is 12.1 Å². The predicted octanol–water partition coefficient (Wildman–Crippen LogP) is 4.52. The molecule has 0 bridgehead atoms. The van der Waals surface area contributed by atoms with Gasteiger partial charge in [0.1, 0.15) is 5.56 Å². The Hall–Kier alpha value is -2.28. The van der Waals surface area contributed by atoms with Crippen LogP contribution < -0.4 is 4.74 Å². The molecule has 0 saturated heterocycles. The lowest BCUT2D eigenvalue weighted by Gasteiger charge is -2.15. The van der Waals surface area contributed by atoms with Gasteiger partial charge in [-0.1, -0.05) is 23.7 Å². The molecule has 4 nitrogen and oxygen atoms in total. The van der Waals surface area contributed by atoms with Crippen LogP contribution in [-0.4, -0.2) is 22.7 Å². The minimum absolute atomic E-state index is 0.0192. The first kappa shape index (κ1) is 17.1. The quantitative estimate of drug-likeness (QED) is 0.885. The van der Waals surface area contributed by atoms with E-state index in [4.69, 9.17) is 21.4 Å². The molecule has 23 heavy (non-hydrogen) atoms. The van der Waals surface area contributed by atoms with Gasteiger partial charge in [0, 0.05) is 10.6 Å². The van der Waals surface area contributed by atoms with Crippen molar-refractivity contribution in [2.75, 3.05) is 6.61 Å². The van der Waals surface area contributed by atoms with E-state index >= 15 is 0 Å². The van der Waals surface area contributed by atoms with Crippen LogP contribution in [0.4, 0.5) is 13.2 Å². The molecule has 0 radical (unpaired) electrons. The molecule has 8 heteroatoms. The van der Waals surface area contributed by atoms with Crippen molar-refractivity contribution in [1.82, 2.24) is 4.98 Å². The third kappa shape index (κ3) is 3.73. The maximum atomic E-state index is 13.2. The molecule has 0 amide bonds. The lowest BCUT2D eigenvalue weighted by Crippen LogP contribution is -2.16. The van der Waals surface area contributed by atoms with Gasteiger partial charge in [0.05, 0.1) is 17.9 Å².